The quantitative estimate of drug-likeness (QED) is 0.304. The molecule has 0 saturated heterocycles. The van der Waals surface area contributed by atoms with E-state index in [2.05, 4.69) is 63.3 Å². The molecule has 1 aromatic carbocycles. The third kappa shape index (κ3) is 6.33. The Kier molecular flexibility index (Phi) is 8.71. The van der Waals surface area contributed by atoms with Gasteiger partial charge in [-0.2, -0.15) is 0 Å². The van der Waals surface area contributed by atoms with Gasteiger partial charge in [0, 0.05) is 29.8 Å². The molecule has 3 rings (SSSR count). The van der Waals surface area contributed by atoms with Crippen LogP contribution in [0, 0.1) is 18.7 Å². The summed E-state index contributed by atoms with van der Waals surface area (Å²) in [6.07, 6.45) is -0.699. The highest BCUT2D eigenvalue weighted by Crippen LogP contribution is 2.43. The van der Waals surface area contributed by atoms with Crippen molar-refractivity contribution in [2.45, 2.75) is 84.9 Å². The van der Waals surface area contributed by atoms with E-state index in [-0.39, 0.29) is 34.8 Å². The van der Waals surface area contributed by atoms with E-state index in [0.29, 0.717) is 30.2 Å². The number of benzene rings is 1. The van der Waals surface area contributed by atoms with Crippen LogP contribution >= 0.6 is 0 Å². The molecule has 4 atom stereocenters. The number of aryl methyl sites for hydroxylation is 1. The molecule has 2 heterocycles. The van der Waals surface area contributed by atoms with Gasteiger partial charge in [0.2, 0.25) is 0 Å². The molecule has 1 aromatic heterocycles. The highest BCUT2D eigenvalue weighted by molar-refractivity contribution is 6.74. The first-order valence-corrected chi connectivity index (χ1v) is 16.0. The van der Waals surface area contributed by atoms with E-state index in [9.17, 15) is 14.3 Å². The maximum absolute atomic E-state index is 13.8. The molecule has 1 aliphatic heterocycles. The lowest BCUT2D eigenvalue weighted by Gasteiger charge is -2.47. The number of aliphatic hydroxyl groups is 1. The molecule has 1 unspecified atom stereocenters. The molecule has 37 heavy (non-hydrogen) atoms. The van der Waals surface area contributed by atoms with Crippen LogP contribution in [-0.2, 0) is 4.43 Å². The minimum Gasteiger partial charge on any atom is -0.415 e. The predicted octanol–water partition coefficient (Wildman–Crippen LogP) is 5.62. The van der Waals surface area contributed by atoms with Crippen molar-refractivity contribution in [3.63, 3.8) is 0 Å². The number of aromatic nitrogens is 1. The normalized spacial score (nSPS) is 20.8. The first-order chi connectivity index (χ1) is 17.1. The van der Waals surface area contributed by atoms with Gasteiger partial charge in [-0.15, -0.1) is 0 Å². The lowest BCUT2D eigenvalue weighted by atomic mass is 9.82. The lowest BCUT2D eigenvalue weighted by molar-refractivity contribution is 0.0945. The van der Waals surface area contributed by atoms with E-state index in [1.54, 1.807) is 26.0 Å². The molecule has 204 valence electrons. The van der Waals surface area contributed by atoms with E-state index in [4.69, 9.17) is 4.43 Å². The topological polar surface area (TPSA) is 86.7 Å². The van der Waals surface area contributed by atoms with Gasteiger partial charge >= 0.3 is 0 Å². The Labute approximate surface area is 222 Å². The molecular formula is C28H43FN4O3Si. The van der Waals surface area contributed by atoms with Gasteiger partial charge in [-0.3, -0.25) is 4.79 Å². The van der Waals surface area contributed by atoms with Crippen LogP contribution in [0.15, 0.2) is 30.3 Å². The van der Waals surface area contributed by atoms with Crippen molar-refractivity contribution in [3.8, 4) is 0 Å². The number of carbonyl (C=O) groups is 1. The molecule has 1 amide bonds. The maximum atomic E-state index is 13.8. The Morgan fingerprint density at radius 1 is 1.24 bits per heavy atom. The van der Waals surface area contributed by atoms with Crippen molar-refractivity contribution in [1.29, 1.82) is 0 Å². The number of nitrogens with one attached hydrogen (secondary N) is 2. The molecule has 2 aromatic rings. The number of rotatable bonds is 8. The molecule has 7 nitrogen and oxygen atoms in total. The number of hydrogen-bond donors (Lipinski definition) is 3. The van der Waals surface area contributed by atoms with Crippen molar-refractivity contribution >= 4 is 25.7 Å². The molecule has 3 N–H and O–H groups in total. The molecule has 1 aliphatic rings. The fraction of sp³-hybridized carbons (Fsp3) is 0.571. The number of pyridine rings is 1. The van der Waals surface area contributed by atoms with E-state index < -0.39 is 14.5 Å². The second-order valence-electron chi connectivity index (χ2n) is 11.7. The molecular weight excluding hydrogens is 487 g/mol. The minimum absolute atomic E-state index is 0.0127. The zero-order valence-corrected chi connectivity index (χ0v) is 24.6. The zero-order valence-electron chi connectivity index (χ0n) is 23.6. The Morgan fingerprint density at radius 2 is 1.92 bits per heavy atom. The van der Waals surface area contributed by atoms with E-state index >= 15 is 0 Å². The third-order valence-corrected chi connectivity index (χ3v) is 12.6. The predicted molar refractivity (Wildman–Crippen MR) is 150 cm³/mol. The van der Waals surface area contributed by atoms with Crippen LogP contribution in [0.2, 0.25) is 18.1 Å². The van der Waals surface area contributed by atoms with Crippen LogP contribution < -0.4 is 15.5 Å². The van der Waals surface area contributed by atoms with Gasteiger partial charge in [0.05, 0.1) is 18.3 Å². The Bertz CT molecular complexity index is 1120. The largest absolute Gasteiger partial charge is 0.415 e. The van der Waals surface area contributed by atoms with Crippen molar-refractivity contribution in [2.75, 3.05) is 23.4 Å². The minimum atomic E-state index is -1.88. The summed E-state index contributed by atoms with van der Waals surface area (Å²) in [5, 5.41) is 17.1. The molecule has 0 fully saturated rings. The standard InChI is InChI=1S/C28H43FN4O3Si/c1-17-19(3)33(20(4)34)24-12-10-21(27(35)30-14-15-36-37(8,9)28(5,6)7)16-22(24)26(17)32-25-13-11-23(29)18(2)31-25/h10-13,16-17,19-20,26,34H,14-15H2,1-9H3,(H,30,35)(H,31,32)/t17-,19-,20?,26+/m0/s1. The summed E-state index contributed by atoms with van der Waals surface area (Å²) in [6, 6.07) is 8.41. The van der Waals surface area contributed by atoms with Gasteiger partial charge in [-0.25, -0.2) is 9.37 Å². The lowest BCUT2D eigenvalue weighted by Crippen LogP contribution is -2.50. The van der Waals surface area contributed by atoms with Gasteiger partial charge in [0.25, 0.3) is 5.91 Å². The van der Waals surface area contributed by atoms with Crippen molar-refractivity contribution in [1.82, 2.24) is 10.3 Å². The first-order valence-electron chi connectivity index (χ1n) is 13.1. The summed E-state index contributed by atoms with van der Waals surface area (Å²) in [5.41, 5.74) is 2.60. The second-order valence-corrected chi connectivity index (χ2v) is 16.5. The fourth-order valence-electron chi connectivity index (χ4n) is 4.54. The average Bonchev–Trinajstić information content (AvgIpc) is 2.80. The molecule has 0 aliphatic carbocycles. The van der Waals surface area contributed by atoms with Gasteiger partial charge in [-0.1, -0.05) is 27.7 Å². The average molecular weight is 531 g/mol. The second kappa shape index (κ2) is 11.1. The van der Waals surface area contributed by atoms with E-state index in [1.165, 1.54) is 6.07 Å². The summed E-state index contributed by atoms with van der Waals surface area (Å²) in [6.45, 7) is 19.4. The zero-order chi connectivity index (χ0) is 27.7. The fourth-order valence-corrected chi connectivity index (χ4v) is 5.58. The van der Waals surface area contributed by atoms with Crippen LogP contribution in [0.3, 0.4) is 0 Å². The number of halogens is 1. The number of anilines is 2. The number of carbonyl (C=O) groups excluding carboxylic acids is 1. The summed E-state index contributed by atoms with van der Waals surface area (Å²) in [5.74, 6) is 0.0985. The summed E-state index contributed by atoms with van der Waals surface area (Å²) in [4.78, 5) is 19.4. The van der Waals surface area contributed by atoms with Crippen LogP contribution in [0.25, 0.3) is 0 Å². The first kappa shape index (κ1) is 29.1. The summed E-state index contributed by atoms with van der Waals surface area (Å²) >= 11 is 0. The number of amides is 1. The highest BCUT2D eigenvalue weighted by Gasteiger charge is 2.39. The van der Waals surface area contributed by atoms with Crippen LogP contribution in [-0.4, -0.2) is 49.7 Å². The number of fused-ring (bicyclic) bond motifs is 1. The maximum Gasteiger partial charge on any atom is 0.251 e. The summed E-state index contributed by atoms with van der Waals surface area (Å²) < 4.78 is 20.0. The Hall–Kier alpha value is -2.49. The Morgan fingerprint density at radius 3 is 2.51 bits per heavy atom. The van der Waals surface area contributed by atoms with Crippen LogP contribution in [0.4, 0.5) is 15.9 Å². The third-order valence-electron chi connectivity index (χ3n) is 8.01. The van der Waals surface area contributed by atoms with Crippen LogP contribution in [0.5, 0.6) is 0 Å². The van der Waals surface area contributed by atoms with Crippen molar-refractivity contribution < 1.29 is 18.7 Å². The number of hydrogen-bond acceptors (Lipinski definition) is 6. The van der Waals surface area contributed by atoms with Gasteiger partial charge in [0.1, 0.15) is 17.9 Å². The van der Waals surface area contributed by atoms with Gasteiger partial charge < -0.3 is 25.1 Å². The number of aliphatic hydroxyl groups excluding tert-OH is 1. The SMILES string of the molecule is Cc1nc(N[C@H]2c3cc(C(=O)NCCO[Si](C)(C)C(C)(C)C)ccc3N(C(C)O)[C@@H](C)[C@@H]2C)ccc1F. The smallest absolute Gasteiger partial charge is 0.251 e. The van der Waals surface area contributed by atoms with E-state index in [1.807, 2.05) is 17.0 Å². The molecule has 0 saturated carbocycles. The molecule has 0 radical (unpaired) electrons. The van der Waals surface area contributed by atoms with Gasteiger partial charge in [0.15, 0.2) is 8.32 Å². The van der Waals surface area contributed by atoms with E-state index in [0.717, 1.165) is 11.3 Å². The van der Waals surface area contributed by atoms with Gasteiger partial charge in [-0.05, 0) is 74.8 Å². The monoisotopic (exact) mass is 530 g/mol. The Balaban J connectivity index is 1.85. The van der Waals surface area contributed by atoms with Crippen molar-refractivity contribution in [3.05, 3.63) is 53.0 Å². The molecule has 0 bridgehead atoms. The molecule has 9 heteroatoms. The van der Waals surface area contributed by atoms with Crippen LogP contribution in [0.1, 0.15) is 69.2 Å². The molecule has 0 spiro atoms. The summed E-state index contributed by atoms with van der Waals surface area (Å²) in [7, 11) is -1.88. The highest BCUT2D eigenvalue weighted by atomic mass is 28.4. The number of nitrogens with zero attached hydrogens (tertiary/aromatic N) is 2. The van der Waals surface area contributed by atoms with Crippen molar-refractivity contribution in [2.24, 2.45) is 5.92 Å².